The van der Waals surface area contributed by atoms with Gasteiger partial charge in [-0.25, -0.2) is 4.79 Å². The van der Waals surface area contributed by atoms with E-state index in [2.05, 4.69) is 5.32 Å². The smallest absolute Gasteiger partial charge is 0.407 e. The highest BCUT2D eigenvalue weighted by atomic mass is 16.5. The van der Waals surface area contributed by atoms with Gasteiger partial charge in [-0.2, -0.15) is 0 Å². The maximum atomic E-state index is 11.0. The van der Waals surface area contributed by atoms with Crippen LogP contribution < -0.4 is 14.8 Å². The van der Waals surface area contributed by atoms with Gasteiger partial charge < -0.3 is 19.5 Å². The van der Waals surface area contributed by atoms with Gasteiger partial charge in [-0.05, 0) is 31.5 Å². The molecule has 5 nitrogen and oxygen atoms in total. The van der Waals surface area contributed by atoms with Crippen molar-refractivity contribution in [3.63, 3.8) is 0 Å². The van der Waals surface area contributed by atoms with E-state index in [1.807, 2.05) is 25.1 Å². The van der Waals surface area contributed by atoms with E-state index in [-0.39, 0.29) is 0 Å². The highest BCUT2D eigenvalue weighted by Gasteiger charge is 2.04. The van der Waals surface area contributed by atoms with E-state index in [1.54, 1.807) is 14.0 Å². The van der Waals surface area contributed by atoms with E-state index in [9.17, 15) is 4.79 Å². The van der Waals surface area contributed by atoms with Gasteiger partial charge in [0.05, 0.1) is 20.3 Å². The van der Waals surface area contributed by atoms with Crippen molar-refractivity contribution in [3.05, 3.63) is 23.8 Å². The summed E-state index contributed by atoms with van der Waals surface area (Å²) in [6.07, 6.45) is -0.433. The zero-order chi connectivity index (χ0) is 13.4. The Balaban J connectivity index is 2.37. The molecule has 18 heavy (non-hydrogen) atoms. The molecule has 1 amide bonds. The number of alkyl carbamates (subject to hydrolysis) is 1. The Morgan fingerprint density at radius 1 is 1.33 bits per heavy atom. The van der Waals surface area contributed by atoms with E-state index in [0.29, 0.717) is 31.3 Å². The molecule has 1 N–H and O–H groups in total. The number of ether oxygens (including phenoxy) is 3. The average molecular weight is 253 g/mol. The number of hydrogen-bond donors (Lipinski definition) is 1. The predicted molar refractivity (Wildman–Crippen MR) is 68.3 cm³/mol. The number of rotatable bonds is 6. The number of carbonyl (C=O) groups excluding carboxylic acids is 1. The van der Waals surface area contributed by atoms with Crippen molar-refractivity contribution >= 4 is 6.09 Å². The molecule has 0 aliphatic carbocycles. The largest absolute Gasteiger partial charge is 0.493 e. The molecule has 0 saturated heterocycles. The lowest BCUT2D eigenvalue weighted by Crippen LogP contribution is -2.28. The molecule has 1 aromatic rings. The van der Waals surface area contributed by atoms with Gasteiger partial charge in [0.15, 0.2) is 11.5 Å². The molecule has 0 radical (unpaired) electrons. The molecule has 0 aliphatic rings. The molecular weight excluding hydrogens is 234 g/mol. The molecule has 0 fully saturated rings. The molecule has 0 aromatic heterocycles. The highest BCUT2D eigenvalue weighted by Crippen LogP contribution is 2.27. The van der Waals surface area contributed by atoms with Crippen LogP contribution in [0.5, 0.6) is 11.5 Å². The quantitative estimate of drug-likeness (QED) is 0.789. The van der Waals surface area contributed by atoms with Crippen molar-refractivity contribution in [1.29, 1.82) is 0 Å². The third-order valence-electron chi connectivity index (χ3n) is 2.22. The van der Waals surface area contributed by atoms with E-state index < -0.39 is 6.09 Å². The highest BCUT2D eigenvalue weighted by molar-refractivity contribution is 5.66. The number of nitrogens with one attached hydrogen (secondary N) is 1. The Morgan fingerprint density at radius 2 is 2.11 bits per heavy atom. The summed E-state index contributed by atoms with van der Waals surface area (Å²) in [4.78, 5) is 11.0. The second kappa shape index (κ2) is 7.42. The van der Waals surface area contributed by atoms with Gasteiger partial charge in [-0.15, -0.1) is 0 Å². The summed E-state index contributed by atoms with van der Waals surface area (Å²) < 4.78 is 15.4. The van der Waals surface area contributed by atoms with Crippen LogP contribution in [0.1, 0.15) is 12.5 Å². The fourth-order valence-electron chi connectivity index (χ4n) is 1.39. The van der Waals surface area contributed by atoms with Crippen LogP contribution in [0.2, 0.25) is 0 Å². The van der Waals surface area contributed by atoms with Crippen molar-refractivity contribution in [2.24, 2.45) is 0 Å². The minimum Gasteiger partial charge on any atom is -0.493 e. The number of carbonyl (C=O) groups is 1. The SMILES string of the molecule is CCOC(=O)NCCOc1ccc(C)cc1OC. The van der Waals surface area contributed by atoms with Crippen LogP contribution in [-0.4, -0.2) is 33.0 Å². The lowest BCUT2D eigenvalue weighted by atomic mass is 10.2. The number of aryl methyl sites for hydroxylation is 1. The first-order valence-electron chi connectivity index (χ1n) is 5.85. The third kappa shape index (κ3) is 4.53. The van der Waals surface area contributed by atoms with Gasteiger partial charge in [-0.3, -0.25) is 0 Å². The van der Waals surface area contributed by atoms with Gasteiger partial charge in [0.2, 0.25) is 0 Å². The number of benzene rings is 1. The van der Waals surface area contributed by atoms with Crippen LogP contribution in [-0.2, 0) is 4.74 Å². The lowest BCUT2D eigenvalue weighted by Gasteiger charge is -2.11. The van der Waals surface area contributed by atoms with Gasteiger partial charge in [-0.1, -0.05) is 6.07 Å². The number of methoxy groups -OCH3 is 1. The van der Waals surface area contributed by atoms with E-state index in [1.165, 1.54) is 0 Å². The van der Waals surface area contributed by atoms with Gasteiger partial charge in [0.25, 0.3) is 0 Å². The Bertz CT molecular complexity index is 393. The maximum absolute atomic E-state index is 11.0. The first-order chi connectivity index (χ1) is 8.67. The fourth-order valence-corrected chi connectivity index (χ4v) is 1.39. The first kappa shape index (κ1) is 14.2. The predicted octanol–water partition coefficient (Wildman–Crippen LogP) is 2.13. The van der Waals surface area contributed by atoms with Crippen LogP contribution in [0.4, 0.5) is 4.79 Å². The van der Waals surface area contributed by atoms with Crippen LogP contribution in [0.15, 0.2) is 18.2 Å². The standard InChI is InChI=1S/C13H19NO4/c1-4-17-13(15)14-7-8-18-11-6-5-10(2)9-12(11)16-3/h5-6,9H,4,7-8H2,1-3H3,(H,14,15). The fraction of sp³-hybridized carbons (Fsp3) is 0.462. The Morgan fingerprint density at radius 3 is 2.78 bits per heavy atom. The maximum Gasteiger partial charge on any atom is 0.407 e. The van der Waals surface area contributed by atoms with Gasteiger partial charge in [0, 0.05) is 0 Å². The average Bonchev–Trinajstić information content (AvgIpc) is 2.36. The Hall–Kier alpha value is -1.91. The van der Waals surface area contributed by atoms with Crippen molar-refractivity contribution < 1.29 is 19.0 Å². The van der Waals surface area contributed by atoms with Gasteiger partial charge in [0.1, 0.15) is 6.61 Å². The molecule has 1 rings (SSSR count). The summed E-state index contributed by atoms with van der Waals surface area (Å²) in [5.74, 6) is 1.35. The summed E-state index contributed by atoms with van der Waals surface area (Å²) in [6, 6.07) is 5.68. The minimum atomic E-state index is -0.433. The van der Waals surface area contributed by atoms with E-state index in [0.717, 1.165) is 5.56 Å². The molecular formula is C13H19NO4. The summed E-state index contributed by atoms with van der Waals surface area (Å²) in [5, 5.41) is 2.58. The van der Waals surface area contributed by atoms with E-state index >= 15 is 0 Å². The first-order valence-corrected chi connectivity index (χ1v) is 5.85. The molecule has 0 unspecified atom stereocenters. The molecule has 0 atom stereocenters. The van der Waals surface area contributed by atoms with Gasteiger partial charge >= 0.3 is 6.09 Å². The normalized spacial score (nSPS) is 9.72. The molecule has 0 heterocycles. The summed E-state index contributed by atoms with van der Waals surface area (Å²) in [5.41, 5.74) is 1.10. The monoisotopic (exact) mass is 253 g/mol. The number of hydrogen-bond acceptors (Lipinski definition) is 4. The summed E-state index contributed by atoms with van der Waals surface area (Å²) in [6.45, 7) is 4.84. The molecule has 0 spiro atoms. The summed E-state index contributed by atoms with van der Waals surface area (Å²) in [7, 11) is 1.60. The molecule has 5 heteroatoms. The van der Waals surface area contributed by atoms with Crippen LogP contribution in [0, 0.1) is 6.92 Å². The van der Waals surface area contributed by atoms with E-state index in [4.69, 9.17) is 14.2 Å². The zero-order valence-electron chi connectivity index (χ0n) is 11.0. The molecule has 1 aromatic carbocycles. The second-order valence-corrected chi connectivity index (χ2v) is 3.65. The minimum absolute atomic E-state index is 0.359. The Labute approximate surface area is 107 Å². The van der Waals surface area contributed by atoms with Crippen LogP contribution >= 0.6 is 0 Å². The summed E-state index contributed by atoms with van der Waals surface area (Å²) >= 11 is 0. The lowest BCUT2D eigenvalue weighted by molar-refractivity contribution is 0.150. The zero-order valence-corrected chi connectivity index (χ0v) is 11.0. The van der Waals surface area contributed by atoms with Crippen molar-refractivity contribution in [3.8, 4) is 11.5 Å². The molecule has 0 bridgehead atoms. The second-order valence-electron chi connectivity index (χ2n) is 3.65. The molecule has 0 aliphatic heterocycles. The van der Waals surface area contributed by atoms with Crippen LogP contribution in [0.25, 0.3) is 0 Å². The Kier molecular flexibility index (Phi) is 5.84. The van der Waals surface area contributed by atoms with Crippen LogP contribution in [0.3, 0.4) is 0 Å². The molecule has 100 valence electrons. The molecule has 0 saturated carbocycles. The van der Waals surface area contributed by atoms with Crippen molar-refractivity contribution in [2.75, 3.05) is 26.9 Å². The topological polar surface area (TPSA) is 56.8 Å². The van der Waals surface area contributed by atoms with Crippen molar-refractivity contribution in [2.45, 2.75) is 13.8 Å². The third-order valence-corrected chi connectivity index (χ3v) is 2.22. The van der Waals surface area contributed by atoms with Crippen molar-refractivity contribution in [1.82, 2.24) is 5.32 Å². The number of amides is 1.